The molecular weight excluding hydrogens is 419 g/mol. The van der Waals surface area contributed by atoms with Crippen LogP contribution in [-0.2, 0) is 15.7 Å². The molecule has 0 aliphatic heterocycles. The van der Waals surface area contributed by atoms with Crippen LogP contribution >= 0.6 is 39.1 Å². The molecule has 11 heteroatoms. The molecule has 0 spiro atoms. The van der Waals surface area contributed by atoms with Crippen LogP contribution in [0, 0.1) is 0 Å². The highest BCUT2D eigenvalue weighted by Crippen LogP contribution is 2.26. The molecule has 1 heterocycles. The Hall–Kier alpha value is -1.16. The van der Waals surface area contributed by atoms with E-state index >= 15 is 0 Å². The highest BCUT2D eigenvalue weighted by Gasteiger charge is 2.19. The summed E-state index contributed by atoms with van der Waals surface area (Å²) in [5.41, 5.74) is 0.287. The number of hydrogen-bond donors (Lipinski definition) is 1. The van der Waals surface area contributed by atoms with E-state index < -0.39 is 21.6 Å². The molecule has 0 aliphatic rings. The van der Waals surface area contributed by atoms with Crippen molar-refractivity contribution in [2.45, 2.75) is 5.88 Å². The van der Waals surface area contributed by atoms with Crippen LogP contribution in [0.25, 0.3) is 0 Å². The molecule has 2 aromatic rings. The Morgan fingerprint density at radius 3 is 2.64 bits per heavy atom. The molecule has 0 saturated carbocycles. The van der Waals surface area contributed by atoms with Crippen molar-refractivity contribution in [1.29, 1.82) is 0 Å². The van der Waals surface area contributed by atoms with Gasteiger partial charge in [-0.05, 0) is 34.1 Å². The molecule has 22 heavy (non-hydrogen) atoms. The Kier molecular flexibility index (Phi) is 5.10. The Morgan fingerprint density at radius 1 is 1.36 bits per heavy atom. The lowest BCUT2D eigenvalue weighted by molar-refractivity contribution is 0.102. The molecule has 1 N–H and O–H groups in total. The summed E-state index contributed by atoms with van der Waals surface area (Å²) in [5.74, 6) is -1.02. The molecule has 0 aliphatic carbocycles. The van der Waals surface area contributed by atoms with Crippen LogP contribution in [0.5, 0.6) is 0 Å². The fourth-order valence-electron chi connectivity index (χ4n) is 1.51. The molecule has 1 aromatic carbocycles. The molecule has 0 fully saturated rings. The molecule has 1 amide bonds. The number of aromatic nitrogens is 3. The number of halogens is 3. The van der Waals surface area contributed by atoms with E-state index in [9.17, 15) is 13.2 Å². The third kappa shape index (κ3) is 4.42. The number of hydrogen-bond acceptors (Lipinski definition) is 5. The van der Waals surface area contributed by atoms with Gasteiger partial charge in [0.05, 0.1) is 10.7 Å². The van der Waals surface area contributed by atoms with Crippen LogP contribution in [0.1, 0.15) is 10.5 Å². The highest BCUT2D eigenvalue weighted by molar-refractivity contribution is 9.10. The summed E-state index contributed by atoms with van der Waals surface area (Å²) < 4.78 is 22.5. The lowest BCUT2D eigenvalue weighted by Crippen LogP contribution is -2.15. The molecule has 7 nitrogen and oxygen atoms in total. The molecule has 0 radical (unpaired) electrons. The van der Waals surface area contributed by atoms with Crippen molar-refractivity contribution in [3.05, 3.63) is 38.5 Å². The zero-order valence-corrected chi connectivity index (χ0v) is 15.0. The molecule has 0 bridgehead atoms. The van der Waals surface area contributed by atoms with E-state index in [0.29, 0.717) is 10.7 Å². The maximum Gasteiger partial charge on any atom is 0.279 e. The highest BCUT2D eigenvalue weighted by atomic mass is 79.9. The second-order valence-corrected chi connectivity index (χ2v) is 8.05. The largest absolute Gasteiger partial charge is 0.319 e. The summed E-state index contributed by atoms with van der Waals surface area (Å²) in [6.07, 6.45) is 1.04. The fourth-order valence-corrected chi connectivity index (χ4v) is 2.94. The van der Waals surface area contributed by atoms with Crippen LogP contribution in [0.2, 0.25) is 10.0 Å². The molecule has 0 unspecified atom stereocenters. The molecular formula is C11H9BrCl2N4O3S. The van der Waals surface area contributed by atoms with Crippen molar-refractivity contribution in [2.75, 3.05) is 11.6 Å². The number of amides is 1. The average Bonchev–Trinajstić information content (AvgIpc) is 2.71. The molecule has 118 valence electrons. The Balaban J connectivity index is 2.23. The summed E-state index contributed by atoms with van der Waals surface area (Å²) in [7, 11) is -3.33. The Labute approximate surface area is 144 Å². The first-order valence-electron chi connectivity index (χ1n) is 5.70. The predicted octanol–water partition coefficient (Wildman–Crippen LogP) is 2.60. The number of rotatable bonds is 4. The average molecular weight is 428 g/mol. The quantitative estimate of drug-likeness (QED) is 0.809. The van der Waals surface area contributed by atoms with Gasteiger partial charge in [0, 0.05) is 11.3 Å². The van der Waals surface area contributed by atoms with E-state index in [2.05, 4.69) is 31.4 Å². The zero-order chi connectivity index (χ0) is 16.5. The second-order valence-electron chi connectivity index (χ2n) is 4.34. The van der Waals surface area contributed by atoms with E-state index in [4.69, 9.17) is 23.2 Å². The van der Waals surface area contributed by atoms with E-state index in [1.165, 1.54) is 12.1 Å². The molecule has 0 saturated heterocycles. The minimum absolute atomic E-state index is 0.0605. The van der Waals surface area contributed by atoms with Gasteiger partial charge >= 0.3 is 0 Å². The number of sulfone groups is 1. The third-order valence-corrected chi connectivity index (χ3v) is 4.14. The fraction of sp³-hybridized carbons (Fsp3) is 0.182. The van der Waals surface area contributed by atoms with Crippen molar-refractivity contribution in [3.8, 4) is 0 Å². The first-order chi connectivity index (χ1) is 10.2. The first kappa shape index (κ1) is 17.2. The van der Waals surface area contributed by atoms with Crippen molar-refractivity contribution >= 4 is 60.6 Å². The normalized spacial score (nSPS) is 11.5. The monoisotopic (exact) mass is 426 g/mol. The standard InChI is InChI=1S/C11H9BrCl2N4O3S/c1-22(20,21)5-18-16-9(10(12)17-18)11(19)15-8-3-2-6(13)4-7(8)14/h2-4H,5H2,1H3,(H,15,19). The van der Waals surface area contributed by atoms with Crippen LogP contribution in [0.3, 0.4) is 0 Å². The van der Waals surface area contributed by atoms with Crippen LogP contribution in [-0.4, -0.2) is 35.6 Å². The van der Waals surface area contributed by atoms with Gasteiger partial charge in [0.1, 0.15) is 0 Å². The zero-order valence-electron chi connectivity index (χ0n) is 11.0. The second kappa shape index (κ2) is 6.53. The van der Waals surface area contributed by atoms with Crippen LogP contribution < -0.4 is 5.32 Å². The number of carbonyl (C=O) groups excluding carboxylic acids is 1. The van der Waals surface area contributed by atoms with Gasteiger partial charge in [0.15, 0.2) is 26.0 Å². The summed E-state index contributed by atoms with van der Waals surface area (Å²) in [6, 6.07) is 4.59. The van der Waals surface area contributed by atoms with Gasteiger partial charge in [-0.2, -0.15) is 4.80 Å². The van der Waals surface area contributed by atoms with Gasteiger partial charge in [0.25, 0.3) is 5.91 Å². The maximum absolute atomic E-state index is 12.2. The maximum atomic E-state index is 12.2. The Morgan fingerprint density at radius 2 is 2.05 bits per heavy atom. The lowest BCUT2D eigenvalue weighted by Gasteiger charge is -2.05. The summed E-state index contributed by atoms with van der Waals surface area (Å²) in [6.45, 7) is 0. The Bertz CT molecular complexity index is 838. The smallest absolute Gasteiger partial charge is 0.279 e. The molecule has 0 atom stereocenters. The summed E-state index contributed by atoms with van der Waals surface area (Å²) >= 11 is 14.8. The number of anilines is 1. The number of carbonyl (C=O) groups is 1. The third-order valence-electron chi connectivity index (χ3n) is 2.36. The van der Waals surface area contributed by atoms with E-state index in [0.717, 1.165) is 11.1 Å². The molecule has 2 rings (SSSR count). The van der Waals surface area contributed by atoms with E-state index in [-0.39, 0.29) is 15.3 Å². The van der Waals surface area contributed by atoms with E-state index in [1.807, 2.05) is 0 Å². The van der Waals surface area contributed by atoms with Gasteiger partial charge in [-0.25, -0.2) is 8.42 Å². The van der Waals surface area contributed by atoms with Crippen molar-refractivity contribution in [3.63, 3.8) is 0 Å². The number of benzene rings is 1. The number of nitrogens with one attached hydrogen (secondary N) is 1. The summed E-state index contributed by atoms with van der Waals surface area (Å²) in [4.78, 5) is 13.1. The minimum atomic E-state index is -3.33. The summed E-state index contributed by atoms with van der Waals surface area (Å²) in [5, 5.41) is 10.9. The molecule has 1 aromatic heterocycles. The predicted molar refractivity (Wildman–Crippen MR) is 87.0 cm³/mol. The number of nitrogens with zero attached hydrogens (tertiary/aromatic N) is 3. The lowest BCUT2D eigenvalue weighted by atomic mass is 10.3. The first-order valence-corrected chi connectivity index (χ1v) is 9.31. The van der Waals surface area contributed by atoms with E-state index in [1.54, 1.807) is 6.07 Å². The van der Waals surface area contributed by atoms with Gasteiger partial charge in [-0.15, -0.1) is 10.2 Å². The van der Waals surface area contributed by atoms with Crippen molar-refractivity contribution in [2.24, 2.45) is 0 Å². The van der Waals surface area contributed by atoms with Gasteiger partial charge in [0.2, 0.25) is 0 Å². The van der Waals surface area contributed by atoms with Crippen molar-refractivity contribution in [1.82, 2.24) is 15.0 Å². The van der Waals surface area contributed by atoms with Crippen LogP contribution in [0.15, 0.2) is 22.8 Å². The van der Waals surface area contributed by atoms with Crippen LogP contribution in [0.4, 0.5) is 5.69 Å². The van der Waals surface area contributed by atoms with Gasteiger partial charge in [-0.1, -0.05) is 23.2 Å². The van der Waals surface area contributed by atoms with Gasteiger partial charge < -0.3 is 5.32 Å². The minimum Gasteiger partial charge on any atom is -0.319 e. The van der Waals surface area contributed by atoms with Gasteiger partial charge in [-0.3, -0.25) is 4.79 Å². The van der Waals surface area contributed by atoms with Crippen molar-refractivity contribution < 1.29 is 13.2 Å². The SMILES string of the molecule is CS(=O)(=O)Cn1nc(Br)c(C(=O)Nc2ccc(Cl)cc2Cl)n1. The topological polar surface area (TPSA) is 94.0 Å².